The first-order valence-corrected chi connectivity index (χ1v) is 9.90. The molecule has 0 unspecified atom stereocenters. The van der Waals surface area contributed by atoms with E-state index in [4.69, 9.17) is 0 Å². The molecule has 4 aromatic rings. The van der Waals surface area contributed by atoms with Gasteiger partial charge in [0.25, 0.3) is 11.5 Å². The molecule has 1 fully saturated rings. The number of H-pyrrole nitrogens is 1. The van der Waals surface area contributed by atoms with Gasteiger partial charge in [-0.2, -0.15) is 0 Å². The van der Waals surface area contributed by atoms with Crippen molar-refractivity contribution in [2.45, 2.75) is 44.7 Å². The molecule has 1 aliphatic carbocycles. The van der Waals surface area contributed by atoms with Crippen LogP contribution in [0.1, 0.15) is 47.8 Å². The lowest BCUT2D eigenvalue weighted by atomic mass is 9.91. The molecule has 0 spiro atoms. The van der Waals surface area contributed by atoms with Gasteiger partial charge in [-0.1, -0.05) is 0 Å². The van der Waals surface area contributed by atoms with Gasteiger partial charge in [-0.15, -0.1) is 0 Å². The second-order valence-corrected chi connectivity index (χ2v) is 7.73. The Balaban J connectivity index is 1.28. The fraction of sp³-hybridized carbons (Fsp3) is 0.333. The molecule has 0 radical (unpaired) electrons. The van der Waals surface area contributed by atoms with Crippen molar-refractivity contribution in [1.29, 1.82) is 0 Å². The fourth-order valence-corrected chi connectivity index (χ4v) is 4.28. The van der Waals surface area contributed by atoms with Gasteiger partial charge in [0.2, 0.25) is 0 Å². The van der Waals surface area contributed by atoms with Crippen LogP contribution in [-0.2, 0) is 0 Å². The second-order valence-electron chi connectivity index (χ2n) is 7.73. The molecule has 0 aliphatic heterocycles. The number of nitrogens with zero attached hydrogens (tertiary/aromatic N) is 4. The van der Waals surface area contributed by atoms with Crippen LogP contribution in [0.4, 0.5) is 0 Å². The number of carbonyl (C=O) groups is 1. The summed E-state index contributed by atoms with van der Waals surface area (Å²) in [5.41, 5.74) is 2.02. The Labute approximate surface area is 166 Å². The van der Waals surface area contributed by atoms with Crippen molar-refractivity contribution in [3.8, 4) is 0 Å². The molecule has 2 N–H and O–H groups in total. The minimum Gasteiger partial charge on any atom is -0.349 e. The lowest BCUT2D eigenvalue weighted by Gasteiger charge is -2.30. The van der Waals surface area contributed by atoms with Crippen LogP contribution in [0, 0.1) is 6.92 Å². The topological polar surface area (TPSA) is 97.1 Å². The first kappa shape index (κ1) is 17.7. The minimum absolute atomic E-state index is 0.0546. The van der Waals surface area contributed by atoms with Crippen LogP contribution in [0.3, 0.4) is 0 Å². The number of carbonyl (C=O) groups excluding carboxylic acids is 1. The molecule has 0 bridgehead atoms. The first-order valence-electron chi connectivity index (χ1n) is 9.90. The van der Waals surface area contributed by atoms with E-state index < -0.39 is 0 Å². The van der Waals surface area contributed by atoms with E-state index in [-0.39, 0.29) is 23.1 Å². The average molecular weight is 390 g/mol. The molecule has 1 amide bonds. The highest BCUT2D eigenvalue weighted by molar-refractivity contribution is 5.93. The molecular weight excluding hydrogens is 368 g/mol. The summed E-state index contributed by atoms with van der Waals surface area (Å²) in [6.07, 6.45) is 8.92. The number of aromatic nitrogens is 5. The summed E-state index contributed by atoms with van der Waals surface area (Å²) in [6.45, 7) is 1.84. The summed E-state index contributed by atoms with van der Waals surface area (Å²) in [5.74, 6) is -0.360. The summed E-state index contributed by atoms with van der Waals surface area (Å²) >= 11 is 0. The minimum atomic E-state index is -0.376. The number of nitrogens with one attached hydrogen (secondary N) is 2. The summed E-state index contributed by atoms with van der Waals surface area (Å²) in [7, 11) is 0. The number of hydrogen-bond acceptors (Lipinski definition) is 4. The van der Waals surface area contributed by atoms with Crippen LogP contribution >= 0.6 is 0 Å². The lowest BCUT2D eigenvalue weighted by molar-refractivity contribution is 0.0920. The molecule has 0 aromatic carbocycles. The number of aromatic amines is 1. The molecule has 5 rings (SSSR count). The lowest BCUT2D eigenvalue weighted by Crippen LogP contribution is -2.40. The highest BCUT2D eigenvalue weighted by Crippen LogP contribution is 2.31. The molecule has 148 valence electrons. The standard InChI is InChI=1S/C21H22N6O2/c1-13-11-18-23-12-17(21(29)27(18)25-13)20(28)24-15-4-6-16(7-5-15)26-10-8-14-3-2-9-22-19(14)26/h2-3,8-12,15-16,25H,4-7H2,1H3,(H,24,28). The van der Waals surface area contributed by atoms with Crippen molar-refractivity contribution in [1.82, 2.24) is 29.5 Å². The molecule has 0 atom stereocenters. The Kier molecular flexibility index (Phi) is 4.19. The number of rotatable bonds is 3. The van der Waals surface area contributed by atoms with Gasteiger partial charge in [0.05, 0.1) is 0 Å². The second kappa shape index (κ2) is 6.88. The molecule has 4 aromatic heterocycles. The molecule has 1 aliphatic rings. The summed E-state index contributed by atoms with van der Waals surface area (Å²) in [4.78, 5) is 34.0. The van der Waals surface area contributed by atoms with E-state index in [9.17, 15) is 9.59 Å². The van der Waals surface area contributed by atoms with Crippen molar-refractivity contribution in [3.63, 3.8) is 0 Å². The first-order chi connectivity index (χ1) is 14.1. The van der Waals surface area contributed by atoms with E-state index in [0.29, 0.717) is 11.7 Å². The van der Waals surface area contributed by atoms with Crippen LogP contribution in [0.2, 0.25) is 0 Å². The maximum absolute atomic E-state index is 12.7. The van der Waals surface area contributed by atoms with Crippen LogP contribution in [-0.4, -0.2) is 36.1 Å². The Morgan fingerprint density at radius 2 is 2.03 bits per heavy atom. The van der Waals surface area contributed by atoms with Crippen molar-refractivity contribution in [3.05, 3.63) is 64.5 Å². The molecule has 0 saturated heterocycles. The summed E-state index contributed by atoms with van der Waals surface area (Å²) < 4.78 is 3.55. The molecule has 29 heavy (non-hydrogen) atoms. The van der Waals surface area contributed by atoms with Gasteiger partial charge in [0, 0.05) is 47.8 Å². The maximum atomic E-state index is 12.7. The van der Waals surface area contributed by atoms with Gasteiger partial charge in [-0.3, -0.25) is 14.7 Å². The zero-order valence-corrected chi connectivity index (χ0v) is 16.1. The Hall–Kier alpha value is -3.42. The molecule has 8 nitrogen and oxygen atoms in total. The third kappa shape index (κ3) is 3.10. The fourth-order valence-electron chi connectivity index (χ4n) is 4.28. The SMILES string of the molecule is Cc1cc2ncc(C(=O)NC3CCC(n4ccc5cccnc54)CC3)c(=O)n2[nH]1. The van der Waals surface area contributed by atoms with Gasteiger partial charge in [-0.25, -0.2) is 14.5 Å². The van der Waals surface area contributed by atoms with Crippen molar-refractivity contribution in [2.24, 2.45) is 0 Å². The summed E-state index contributed by atoms with van der Waals surface area (Å²) in [6, 6.07) is 8.31. The maximum Gasteiger partial charge on any atom is 0.285 e. The quantitative estimate of drug-likeness (QED) is 0.562. The highest BCUT2D eigenvalue weighted by atomic mass is 16.2. The van der Waals surface area contributed by atoms with Crippen molar-refractivity contribution < 1.29 is 4.79 Å². The number of pyridine rings is 1. The summed E-state index contributed by atoms with van der Waals surface area (Å²) in [5, 5.41) is 7.08. The Bertz CT molecular complexity index is 1260. The van der Waals surface area contributed by atoms with E-state index >= 15 is 0 Å². The normalized spacial score (nSPS) is 19.6. The van der Waals surface area contributed by atoms with Crippen LogP contribution in [0.15, 0.2) is 47.7 Å². The van der Waals surface area contributed by atoms with Gasteiger partial charge in [0.15, 0.2) is 5.65 Å². The smallest absolute Gasteiger partial charge is 0.285 e. The zero-order valence-electron chi connectivity index (χ0n) is 16.1. The van der Waals surface area contributed by atoms with E-state index in [0.717, 1.165) is 42.4 Å². The van der Waals surface area contributed by atoms with Crippen LogP contribution in [0.25, 0.3) is 16.7 Å². The number of fused-ring (bicyclic) bond motifs is 2. The third-order valence-electron chi connectivity index (χ3n) is 5.77. The van der Waals surface area contributed by atoms with E-state index in [1.807, 2.05) is 19.2 Å². The van der Waals surface area contributed by atoms with Gasteiger partial charge >= 0.3 is 0 Å². The van der Waals surface area contributed by atoms with E-state index in [1.54, 1.807) is 6.07 Å². The average Bonchev–Trinajstić information content (AvgIpc) is 3.32. The largest absolute Gasteiger partial charge is 0.349 e. The van der Waals surface area contributed by atoms with Gasteiger partial charge < -0.3 is 9.88 Å². The Morgan fingerprint density at radius 3 is 2.86 bits per heavy atom. The van der Waals surface area contributed by atoms with Crippen LogP contribution < -0.4 is 10.9 Å². The third-order valence-corrected chi connectivity index (χ3v) is 5.77. The van der Waals surface area contributed by atoms with Gasteiger partial charge in [0.1, 0.15) is 11.2 Å². The van der Waals surface area contributed by atoms with E-state index in [2.05, 4.69) is 43.3 Å². The highest BCUT2D eigenvalue weighted by Gasteiger charge is 2.25. The van der Waals surface area contributed by atoms with Crippen LogP contribution in [0.5, 0.6) is 0 Å². The molecule has 8 heteroatoms. The van der Waals surface area contributed by atoms with Crippen molar-refractivity contribution in [2.75, 3.05) is 0 Å². The Morgan fingerprint density at radius 1 is 1.21 bits per heavy atom. The molecule has 1 saturated carbocycles. The number of aryl methyl sites for hydroxylation is 1. The predicted octanol–water partition coefficient (Wildman–Crippen LogP) is 2.59. The van der Waals surface area contributed by atoms with E-state index in [1.165, 1.54) is 10.7 Å². The number of hydrogen-bond donors (Lipinski definition) is 2. The van der Waals surface area contributed by atoms with Crippen molar-refractivity contribution >= 4 is 22.6 Å². The molecule has 4 heterocycles. The molecular formula is C21H22N6O2. The monoisotopic (exact) mass is 390 g/mol. The zero-order chi connectivity index (χ0) is 20.0. The predicted molar refractivity (Wildman–Crippen MR) is 109 cm³/mol. The number of amides is 1. The van der Waals surface area contributed by atoms with Gasteiger partial charge in [-0.05, 0) is 50.8 Å².